The van der Waals surface area contributed by atoms with Gasteiger partial charge in [-0.3, -0.25) is 0 Å². The minimum atomic E-state index is -1.47. The molecule has 0 N–H and O–H groups in total. The number of halogens is 1. The molecule has 0 saturated carbocycles. The van der Waals surface area contributed by atoms with Gasteiger partial charge in [0.15, 0.2) is 0 Å². The van der Waals surface area contributed by atoms with Gasteiger partial charge >= 0.3 is 0 Å². The molecule has 0 radical (unpaired) electrons. The van der Waals surface area contributed by atoms with Crippen molar-refractivity contribution >= 4 is 19.7 Å². The van der Waals surface area contributed by atoms with Gasteiger partial charge in [-0.2, -0.15) is 0 Å². The van der Waals surface area contributed by atoms with Gasteiger partial charge in [0, 0.05) is 16.0 Å². The number of hydrogen-bond donors (Lipinski definition) is 0. The van der Waals surface area contributed by atoms with Crippen LogP contribution in [0.25, 0.3) is 22.3 Å². The second-order valence-corrected chi connectivity index (χ2v) is 14.3. The minimum Gasteiger partial charge on any atom is -0.127 e. The Balaban J connectivity index is 1.88. The average Bonchev–Trinajstić information content (AvgIpc) is 2.87. The van der Waals surface area contributed by atoms with Crippen LogP contribution in [0.4, 0.5) is 0 Å². The molecule has 2 heteroatoms. The van der Waals surface area contributed by atoms with Crippen molar-refractivity contribution < 1.29 is 0 Å². The Morgan fingerprint density at radius 2 is 1.46 bits per heavy atom. The van der Waals surface area contributed by atoms with Gasteiger partial charge < -0.3 is 0 Å². The predicted molar refractivity (Wildman–Crippen MR) is 125 cm³/mol. The van der Waals surface area contributed by atoms with Gasteiger partial charge in [0.2, 0.25) is 0 Å². The second-order valence-electron chi connectivity index (χ2n) is 9.12. The molecule has 0 spiro atoms. The molecular formula is C26H25ClSi. The van der Waals surface area contributed by atoms with E-state index in [1.807, 2.05) is 12.1 Å². The van der Waals surface area contributed by atoms with Gasteiger partial charge in [0.05, 0.1) is 0 Å². The summed E-state index contributed by atoms with van der Waals surface area (Å²) >= 11 is 6.30. The van der Waals surface area contributed by atoms with Crippen molar-refractivity contribution in [1.29, 1.82) is 0 Å². The number of hydrogen-bond acceptors (Lipinski definition) is 0. The van der Waals surface area contributed by atoms with Crippen LogP contribution >= 0.6 is 11.6 Å². The maximum absolute atomic E-state index is 6.30. The van der Waals surface area contributed by atoms with Crippen molar-refractivity contribution in [2.24, 2.45) is 0 Å². The van der Waals surface area contributed by atoms with Crippen LogP contribution in [0.5, 0.6) is 0 Å². The van der Waals surface area contributed by atoms with E-state index in [4.69, 9.17) is 11.6 Å². The lowest BCUT2D eigenvalue weighted by Gasteiger charge is -2.22. The molecule has 0 saturated heterocycles. The van der Waals surface area contributed by atoms with Crippen LogP contribution in [-0.4, -0.2) is 8.07 Å². The maximum Gasteiger partial charge on any atom is 0.129 e. The molecule has 4 rings (SSSR count). The Kier molecular flexibility index (Phi) is 4.53. The van der Waals surface area contributed by atoms with Gasteiger partial charge in [-0.1, -0.05) is 93.5 Å². The lowest BCUT2D eigenvalue weighted by atomic mass is 9.81. The molecule has 1 aliphatic carbocycles. The number of rotatable bonds is 1. The quantitative estimate of drug-likeness (QED) is 0.292. The highest BCUT2D eigenvalue weighted by Gasteiger charge is 2.35. The van der Waals surface area contributed by atoms with Crippen LogP contribution in [0.15, 0.2) is 60.7 Å². The number of benzene rings is 3. The largest absolute Gasteiger partial charge is 0.129 e. The van der Waals surface area contributed by atoms with E-state index in [1.165, 1.54) is 27.8 Å². The summed E-state index contributed by atoms with van der Waals surface area (Å²) in [4.78, 5) is 0. The lowest BCUT2D eigenvalue weighted by molar-refractivity contribution is 0.660. The van der Waals surface area contributed by atoms with E-state index in [9.17, 15) is 0 Å². The summed E-state index contributed by atoms with van der Waals surface area (Å²) in [5.74, 6) is 3.43. The van der Waals surface area contributed by atoms with Crippen LogP contribution in [0.2, 0.25) is 24.7 Å². The van der Waals surface area contributed by atoms with Crippen molar-refractivity contribution in [3.63, 3.8) is 0 Å². The minimum absolute atomic E-state index is 0.00146. The summed E-state index contributed by atoms with van der Waals surface area (Å²) in [5.41, 5.74) is 12.3. The zero-order valence-electron chi connectivity index (χ0n) is 17.2. The molecule has 140 valence electrons. The summed E-state index contributed by atoms with van der Waals surface area (Å²) in [6.45, 7) is 11.4. The summed E-state index contributed by atoms with van der Waals surface area (Å²) in [6.07, 6.45) is 0. The van der Waals surface area contributed by atoms with E-state index >= 15 is 0 Å². The van der Waals surface area contributed by atoms with Crippen LogP contribution in [0.3, 0.4) is 0 Å². The van der Waals surface area contributed by atoms with E-state index in [1.54, 1.807) is 0 Å². The third-order valence-electron chi connectivity index (χ3n) is 5.45. The van der Waals surface area contributed by atoms with E-state index < -0.39 is 8.07 Å². The molecule has 0 bridgehead atoms. The fourth-order valence-electron chi connectivity index (χ4n) is 4.00. The van der Waals surface area contributed by atoms with Crippen molar-refractivity contribution in [1.82, 2.24) is 0 Å². The zero-order chi connectivity index (χ0) is 20.1. The molecule has 0 nitrogen and oxygen atoms in total. The van der Waals surface area contributed by atoms with E-state index in [0.29, 0.717) is 0 Å². The molecule has 28 heavy (non-hydrogen) atoms. The monoisotopic (exact) mass is 400 g/mol. The third kappa shape index (κ3) is 3.32. The highest BCUT2D eigenvalue weighted by Crippen LogP contribution is 2.49. The summed E-state index contributed by atoms with van der Waals surface area (Å²) in [7, 11) is -1.47. The predicted octanol–water partition coefficient (Wildman–Crippen LogP) is 7.54. The van der Waals surface area contributed by atoms with Crippen molar-refractivity contribution in [2.75, 3.05) is 0 Å². The topological polar surface area (TPSA) is 0 Å². The molecule has 0 amide bonds. The molecule has 0 unspecified atom stereocenters. The fraction of sp³-hybridized carbons (Fsp3) is 0.231. The zero-order valence-corrected chi connectivity index (χ0v) is 18.9. The molecule has 0 aliphatic heterocycles. The summed E-state index contributed by atoms with van der Waals surface area (Å²) in [6, 6.07) is 21.6. The molecule has 0 heterocycles. The molecule has 1 aliphatic rings. The number of fused-ring (bicyclic) bond motifs is 3. The van der Waals surface area contributed by atoms with Crippen molar-refractivity contribution in [3.05, 3.63) is 82.4 Å². The smallest absolute Gasteiger partial charge is 0.127 e. The van der Waals surface area contributed by atoms with Gasteiger partial charge in [0.25, 0.3) is 0 Å². The van der Waals surface area contributed by atoms with Gasteiger partial charge in [-0.05, 0) is 51.6 Å². The third-order valence-corrected chi connectivity index (χ3v) is 6.56. The van der Waals surface area contributed by atoms with Crippen LogP contribution in [0.1, 0.15) is 30.5 Å². The fourth-order valence-corrected chi connectivity index (χ4v) is 4.68. The van der Waals surface area contributed by atoms with Crippen LogP contribution in [-0.2, 0) is 5.41 Å². The van der Waals surface area contributed by atoms with Crippen molar-refractivity contribution in [2.45, 2.75) is 38.9 Å². The van der Waals surface area contributed by atoms with Crippen LogP contribution in [0, 0.1) is 11.5 Å². The Morgan fingerprint density at radius 3 is 2.21 bits per heavy atom. The first kappa shape index (κ1) is 19.1. The summed E-state index contributed by atoms with van der Waals surface area (Å²) in [5, 5.41) is 0.734. The van der Waals surface area contributed by atoms with Crippen LogP contribution < -0.4 is 0 Å². The normalized spacial score (nSPS) is 14.1. The van der Waals surface area contributed by atoms with Gasteiger partial charge in [-0.15, -0.1) is 5.54 Å². The molecule has 3 aromatic rings. The molecular weight excluding hydrogens is 376 g/mol. The average molecular weight is 401 g/mol. The van der Waals surface area contributed by atoms with Gasteiger partial charge in [0.1, 0.15) is 8.07 Å². The van der Waals surface area contributed by atoms with E-state index in [0.717, 1.165) is 16.1 Å². The highest BCUT2D eigenvalue weighted by molar-refractivity contribution is 6.83. The lowest BCUT2D eigenvalue weighted by Crippen LogP contribution is -2.16. The van der Waals surface area contributed by atoms with Crippen molar-refractivity contribution in [3.8, 4) is 33.7 Å². The summed E-state index contributed by atoms with van der Waals surface area (Å²) < 4.78 is 0. The Labute approximate surface area is 174 Å². The Hall–Kier alpha value is -2.27. The highest BCUT2D eigenvalue weighted by atomic mass is 35.5. The molecule has 0 fully saturated rings. The first-order chi connectivity index (χ1) is 13.2. The standard InChI is InChI=1S/C26H25ClSi/c1-26(2)24-9-7-6-8-22(24)23-12-10-18(17-25(23)26)21-13-11-20(27)16-19(21)14-15-28(3,4)5/h6-13,16-17H,1-5H3. The molecule has 0 atom stereocenters. The second kappa shape index (κ2) is 6.66. The maximum atomic E-state index is 6.30. The molecule has 3 aromatic carbocycles. The molecule has 0 aromatic heterocycles. The Bertz CT molecular complexity index is 1140. The van der Waals surface area contributed by atoms with E-state index in [2.05, 4.69) is 93.5 Å². The SMILES string of the molecule is CC1(C)c2ccccc2-c2ccc(-c3ccc(Cl)cc3C#C[Si](C)(C)C)cc21. The Morgan fingerprint density at radius 1 is 0.786 bits per heavy atom. The first-order valence-electron chi connectivity index (χ1n) is 9.74. The first-order valence-corrected chi connectivity index (χ1v) is 13.6. The van der Waals surface area contributed by atoms with Gasteiger partial charge in [-0.25, -0.2) is 0 Å². The van der Waals surface area contributed by atoms with E-state index in [-0.39, 0.29) is 5.41 Å².